The average Bonchev–Trinajstić information content (AvgIpc) is 3.05. The topological polar surface area (TPSA) is 93.7 Å². The van der Waals surface area contributed by atoms with E-state index in [0.717, 1.165) is 12.8 Å². The van der Waals surface area contributed by atoms with Crippen molar-refractivity contribution in [3.05, 3.63) is 23.8 Å². The van der Waals surface area contributed by atoms with Gasteiger partial charge in [0.05, 0.1) is 17.9 Å². The molecule has 0 spiro atoms. The summed E-state index contributed by atoms with van der Waals surface area (Å²) in [7, 11) is 0. The molecule has 0 saturated heterocycles. The first-order valence-corrected chi connectivity index (χ1v) is 8.57. The van der Waals surface area contributed by atoms with Crippen LogP contribution in [0.4, 0.5) is 5.69 Å². The van der Waals surface area contributed by atoms with Crippen LogP contribution in [-0.2, 0) is 14.3 Å². The summed E-state index contributed by atoms with van der Waals surface area (Å²) < 4.78 is 10.8. The first-order valence-electron chi connectivity index (χ1n) is 8.57. The van der Waals surface area contributed by atoms with Gasteiger partial charge in [0, 0.05) is 0 Å². The highest BCUT2D eigenvalue weighted by atomic mass is 16.5. The zero-order chi connectivity index (χ0) is 18.0. The van der Waals surface area contributed by atoms with Gasteiger partial charge in [-0.05, 0) is 38.8 Å². The molecule has 1 fully saturated rings. The Morgan fingerprint density at radius 2 is 2.08 bits per heavy atom. The lowest BCUT2D eigenvalue weighted by atomic mass is 9.96. The van der Waals surface area contributed by atoms with Gasteiger partial charge in [0.25, 0.3) is 11.8 Å². The molecule has 2 aliphatic rings. The number of para-hydroxylation sites is 1. The smallest absolute Gasteiger partial charge is 0.331 e. The number of hydrogen-bond acceptors (Lipinski definition) is 5. The summed E-state index contributed by atoms with van der Waals surface area (Å²) in [5.41, 5.74) is -0.244. The van der Waals surface area contributed by atoms with Gasteiger partial charge in [0.1, 0.15) is 5.54 Å². The molecule has 1 saturated carbocycles. The van der Waals surface area contributed by atoms with Crippen molar-refractivity contribution in [2.75, 3.05) is 11.9 Å². The maximum absolute atomic E-state index is 12.9. The molecule has 2 N–H and O–H groups in total. The summed E-state index contributed by atoms with van der Waals surface area (Å²) in [6.07, 6.45) is 2.14. The maximum atomic E-state index is 12.9. The molecule has 0 aromatic heterocycles. The molecule has 25 heavy (non-hydrogen) atoms. The Bertz CT molecular complexity index is 709. The third-order valence-corrected chi connectivity index (χ3v) is 4.66. The molecule has 0 bridgehead atoms. The molecule has 1 aliphatic heterocycles. The molecule has 134 valence electrons. The molecule has 7 nitrogen and oxygen atoms in total. The quantitative estimate of drug-likeness (QED) is 0.814. The van der Waals surface area contributed by atoms with E-state index >= 15 is 0 Å². The van der Waals surface area contributed by atoms with E-state index in [-0.39, 0.29) is 12.5 Å². The molecule has 1 aromatic rings. The van der Waals surface area contributed by atoms with Crippen molar-refractivity contribution in [1.82, 2.24) is 5.32 Å². The predicted octanol–water partition coefficient (Wildman–Crippen LogP) is 2.01. The average molecular weight is 346 g/mol. The van der Waals surface area contributed by atoms with E-state index in [9.17, 15) is 14.4 Å². The number of fused-ring (bicyclic) bond motifs is 1. The number of amides is 2. The van der Waals surface area contributed by atoms with E-state index in [0.29, 0.717) is 29.8 Å². The van der Waals surface area contributed by atoms with Crippen molar-refractivity contribution < 1.29 is 23.9 Å². The number of ether oxygens (including phenoxy) is 2. The van der Waals surface area contributed by atoms with Gasteiger partial charge in [0.15, 0.2) is 11.9 Å². The normalized spacial score (nSPS) is 20.9. The van der Waals surface area contributed by atoms with Crippen molar-refractivity contribution in [3.8, 4) is 5.75 Å². The van der Waals surface area contributed by atoms with Crippen molar-refractivity contribution in [2.45, 2.75) is 51.2 Å². The lowest BCUT2D eigenvalue weighted by molar-refractivity contribution is -0.150. The van der Waals surface area contributed by atoms with Gasteiger partial charge in [-0.3, -0.25) is 9.59 Å². The molecular formula is C18H22N2O5. The number of carbonyl (C=O) groups excluding carboxylic acids is 3. The highest BCUT2D eigenvalue weighted by molar-refractivity contribution is 6.05. The molecule has 1 atom stereocenters. The third-order valence-electron chi connectivity index (χ3n) is 4.66. The number of anilines is 1. The van der Waals surface area contributed by atoms with Crippen LogP contribution in [-0.4, -0.2) is 36.0 Å². The number of hydrogen-bond donors (Lipinski definition) is 2. The van der Waals surface area contributed by atoms with E-state index in [4.69, 9.17) is 9.47 Å². The van der Waals surface area contributed by atoms with Gasteiger partial charge in [-0.15, -0.1) is 0 Å². The molecule has 3 rings (SSSR count). The summed E-state index contributed by atoms with van der Waals surface area (Å²) in [6, 6.07) is 4.96. The van der Waals surface area contributed by atoms with Crippen LogP contribution in [0.2, 0.25) is 0 Å². The standard InChI is InChI=1S/C18H22N2O5/c1-3-24-17(23)18(9-4-5-10-18)20-16(22)12-7-6-8-13-14(12)25-11(2)15(21)19-13/h6-8,11H,3-5,9-10H2,1-2H3,(H,19,21)(H,20,22). The second-order valence-electron chi connectivity index (χ2n) is 6.40. The van der Waals surface area contributed by atoms with Gasteiger partial charge >= 0.3 is 5.97 Å². The van der Waals surface area contributed by atoms with Crippen LogP contribution in [0.3, 0.4) is 0 Å². The lowest BCUT2D eigenvalue weighted by Gasteiger charge is -2.29. The van der Waals surface area contributed by atoms with Crippen LogP contribution in [0.15, 0.2) is 18.2 Å². The van der Waals surface area contributed by atoms with Crippen LogP contribution < -0.4 is 15.4 Å². The van der Waals surface area contributed by atoms with E-state index in [2.05, 4.69) is 10.6 Å². The Hall–Kier alpha value is -2.57. The van der Waals surface area contributed by atoms with Crippen molar-refractivity contribution in [2.24, 2.45) is 0 Å². The van der Waals surface area contributed by atoms with Gasteiger partial charge in [0.2, 0.25) is 0 Å². The Morgan fingerprint density at radius 1 is 1.36 bits per heavy atom. The van der Waals surface area contributed by atoms with Gasteiger partial charge < -0.3 is 20.1 Å². The zero-order valence-electron chi connectivity index (χ0n) is 14.4. The Balaban J connectivity index is 1.87. The Labute approximate surface area is 146 Å². The minimum atomic E-state index is -0.987. The van der Waals surface area contributed by atoms with Crippen LogP contribution >= 0.6 is 0 Å². The molecular weight excluding hydrogens is 324 g/mol. The second kappa shape index (κ2) is 6.74. The number of rotatable bonds is 4. The molecule has 1 unspecified atom stereocenters. The lowest BCUT2D eigenvalue weighted by Crippen LogP contribution is -2.53. The van der Waals surface area contributed by atoms with E-state index in [1.807, 2.05) is 0 Å². The summed E-state index contributed by atoms with van der Waals surface area (Å²) in [5, 5.41) is 5.58. The molecule has 1 aromatic carbocycles. The summed E-state index contributed by atoms with van der Waals surface area (Å²) in [4.78, 5) is 37.0. The first kappa shape index (κ1) is 17.3. The fourth-order valence-electron chi connectivity index (χ4n) is 3.32. The third kappa shape index (κ3) is 3.18. The fourth-order valence-corrected chi connectivity index (χ4v) is 3.32. The van der Waals surface area contributed by atoms with Gasteiger partial charge in [-0.25, -0.2) is 4.79 Å². The molecule has 0 radical (unpaired) electrons. The number of nitrogens with one attached hydrogen (secondary N) is 2. The number of carbonyl (C=O) groups is 3. The van der Waals surface area contributed by atoms with Crippen molar-refractivity contribution in [1.29, 1.82) is 0 Å². The van der Waals surface area contributed by atoms with Gasteiger partial charge in [-0.1, -0.05) is 18.9 Å². The fraction of sp³-hybridized carbons (Fsp3) is 0.500. The SMILES string of the molecule is CCOC(=O)C1(NC(=O)c2cccc3c2OC(C)C(=O)N3)CCCC1. The maximum Gasteiger partial charge on any atom is 0.331 e. The van der Waals surface area contributed by atoms with E-state index in [1.165, 1.54) is 0 Å². The highest BCUT2D eigenvalue weighted by Crippen LogP contribution is 2.35. The van der Waals surface area contributed by atoms with E-state index < -0.39 is 23.5 Å². The minimum absolute atomic E-state index is 0.260. The number of benzene rings is 1. The van der Waals surface area contributed by atoms with Crippen LogP contribution in [0.1, 0.15) is 49.9 Å². The minimum Gasteiger partial charge on any atom is -0.478 e. The largest absolute Gasteiger partial charge is 0.478 e. The summed E-state index contributed by atoms with van der Waals surface area (Å²) in [5.74, 6) is -0.739. The first-order chi connectivity index (χ1) is 12.0. The molecule has 7 heteroatoms. The summed E-state index contributed by atoms with van der Waals surface area (Å²) in [6.45, 7) is 3.63. The van der Waals surface area contributed by atoms with Crippen molar-refractivity contribution in [3.63, 3.8) is 0 Å². The number of esters is 1. The molecule has 2 amide bonds. The van der Waals surface area contributed by atoms with Crippen LogP contribution in [0, 0.1) is 0 Å². The monoisotopic (exact) mass is 346 g/mol. The van der Waals surface area contributed by atoms with Gasteiger partial charge in [-0.2, -0.15) is 0 Å². The van der Waals surface area contributed by atoms with E-state index in [1.54, 1.807) is 32.0 Å². The molecule has 1 heterocycles. The Morgan fingerprint density at radius 3 is 2.76 bits per heavy atom. The zero-order valence-corrected chi connectivity index (χ0v) is 14.4. The van der Waals surface area contributed by atoms with Crippen LogP contribution in [0.25, 0.3) is 0 Å². The predicted molar refractivity (Wildman–Crippen MR) is 90.5 cm³/mol. The Kier molecular flexibility index (Phi) is 4.65. The molecule has 1 aliphatic carbocycles. The summed E-state index contributed by atoms with van der Waals surface area (Å²) >= 11 is 0. The second-order valence-corrected chi connectivity index (χ2v) is 6.40. The van der Waals surface area contributed by atoms with Crippen molar-refractivity contribution >= 4 is 23.5 Å². The van der Waals surface area contributed by atoms with Crippen LogP contribution in [0.5, 0.6) is 5.75 Å². The highest BCUT2D eigenvalue weighted by Gasteiger charge is 2.44.